The zero-order valence-corrected chi connectivity index (χ0v) is 16.3. The van der Waals surface area contributed by atoms with Crippen molar-refractivity contribution in [3.05, 3.63) is 70.4 Å². The van der Waals surface area contributed by atoms with Gasteiger partial charge in [0.25, 0.3) is 5.91 Å². The minimum Gasteiger partial charge on any atom is -0.297 e. The van der Waals surface area contributed by atoms with Crippen LogP contribution in [0.3, 0.4) is 0 Å². The molecule has 0 saturated carbocycles. The predicted molar refractivity (Wildman–Crippen MR) is 104 cm³/mol. The third-order valence-corrected chi connectivity index (χ3v) is 4.88. The van der Waals surface area contributed by atoms with Crippen LogP contribution in [-0.2, 0) is 0 Å². The molecule has 0 fully saturated rings. The topological polar surface area (TPSA) is 85.6 Å². The largest absolute Gasteiger partial charge is 0.297 e. The highest BCUT2D eigenvalue weighted by Crippen LogP contribution is 2.25. The maximum atomic E-state index is 14.0. The lowest BCUT2D eigenvalue weighted by Crippen LogP contribution is -2.11. The van der Waals surface area contributed by atoms with Gasteiger partial charge in [0, 0.05) is 28.2 Å². The normalized spacial score (nSPS) is 10.9. The molecule has 0 spiro atoms. The van der Waals surface area contributed by atoms with Gasteiger partial charge in [-0.05, 0) is 43.3 Å². The van der Waals surface area contributed by atoms with Gasteiger partial charge >= 0.3 is 0 Å². The Morgan fingerprint density at radius 3 is 2.66 bits per heavy atom. The first-order valence-corrected chi connectivity index (χ1v) is 9.36. The number of hydrogen-bond acceptors (Lipinski definition) is 6. The molecule has 2 aromatic carbocycles. The number of carbonyl (C=O) groups is 1. The van der Waals surface area contributed by atoms with E-state index in [9.17, 15) is 13.6 Å². The molecule has 11 heteroatoms. The number of nitrogens with zero attached hydrogens (tertiary/aromatic N) is 5. The van der Waals surface area contributed by atoms with Gasteiger partial charge in [-0.15, -0.1) is 5.10 Å². The number of anilines is 1. The van der Waals surface area contributed by atoms with Crippen molar-refractivity contribution in [2.75, 3.05) is 5.32 Å². The monoisotopic (exact) mass is 432 g/mol. The first-order chi connectivity index (χ1) is 13.9. The van der Waals surface area contributed by atoms with E-state index in [-0.39, 0.29) is 22.6 Å². The van der Waals surface area contributed by atoms with Crippen LogP contribution in [0.25, 0.3) is 17.2 Å². The lowest BCUT2D eigenvalue weighted by molar-refractivity contribution is 0.102. The molecule has 4 aromatic rings. The Kier molecular flexibility index (Phi) is 5.03. The fraction of sp³-hybridized carbons (Fsp3) is 0.0556. The summed E-state index contributed by atoms with van der Waals surface area (Å²) in [6.45, 7) is 1.66. The summed E-state index contributed by atoms with van der Waals surface area (Å²) in [5.74, 6) is -1.59. The summed E-state index contributed by atoms with van der Waals surface area (Å²) in [7, 11) is 0. The zero-order chi connectivity index (χ0) is 20.5. The van der Waals surface area contributed by atoms with Crippen molar-refractivity contribution in [3.63, 3.8) is 0 Å². The lowest BCUT2D eigenvalue weighted by atomic mass is 10.2. The molecule has 0 saturated heterocycles. The summed E-state index contributed by atoms with van der Waals surface area (Å²) in [6, 6.07) is 9.56. The highest BCUT2D eigenvalue weighted by Gasteiger charge is 2.19. The fourth-order valence-corrected chi connectivity index (χ4v) is 3.25. The molecule has 0 unspecified atom stereocenters. The van der Waals surface area contributed by atoms with Gasteiger partial charge in [0.2, 0.25) is 5.13 Å². The van der Waals surface area contributed by atoms with Crippen LogP contribution < -0.4 is 5.32 Å². The molecule has 1 N–H and O–H groups in total. The Bertz CT molecular complexity index is 1210. The Morgan fingerprint density at radius 1 is 1.17 bits per heavy atom. The second-order valence-electron chi connectivity index (χ2n) is 5.92. The summed E-state index contributed by atoms with van der Waals surface area (Å²) in [5, 5.41) is 11.3. The van der Waals surface area contributed by atoms with Crippen molar-refractivity contribution < 1.29 is 13.6 Å². The molecular weight excluding hydrogens is 422 g/mol. The number of amides is 1. The number of benzene rings is 2. The van der Waals surface area contributed by atoms with E-state index in [2.05, 4.69) is 25.0 Å². The van der Waals surface area contributed by atoms with Crippen LogP contribution in [0.5, 0.6) is 0 Å². The van der Waals surface area contributed by atoms with Gasteiger partial charge in [-0.1, -0.05) is 16.8 Å². The number of carbonyl (C=O) groups excluding carboxylic acids is 1. The highest BCUT2D eigenvalue weighted by atomic mass is 35.5. The van der Waals surface area contributed by atoms with Crippen molar-refractivity contribution in [2.24, 2.45) is 0 Å². The average Bonchev–Trinajstić information content (AvgIpc) is 3.29. The van der Waals surface area contributed by atoms with E-state index < -0.39 is 11.6 Å². The average molecular weight is 433 g/mol. The predicted octanol–water partition coefficient (Wildman–Crippen LogP) is 4.28. The van der Waals surface area contributed by atoms with Gasteiger partial charge in [-0.25, -0.2) is 13.5 Å². The first kappa shape index (κ1) is 19.1. The number of nitrogens with one attached hydrogen (secondary N) is 1. The Morgan fingerprint density at radius 2 is 1.93 bits per heavy atom. The summed E-state index contributed by atoms with van der Waals surface area (Å²) in [5.41, 5.74) is 1.25. The van der Waals surface area contributed by atoms with Crippen molar-refractivity contribution in [1.29, 1.82) is 0 Å². The number of rotatable bonds is 4. The van der Waals surface area contributed by atoms with Crippen molar-refractivity contribution in [1.82, 2.24) is 24.4 Å². The van der Waals surface area contributed by atoms with Crippen molar-refractivity contribution in [3.8, 4) is 17.2 Å². The van der Waals surface area contributed by atoms with E-state index in [0.29, 0.717) is 22.0 Å². The van der Waals surface area contributed by atoms with E-state index in [1.807, 2.05) is 0 Å². The fourth-order valence-electron chi connectivity index (χ4n) is 2.56. The van der Waals surface area contributed by atoms with Crippen molar-refractivity contribution >= 4 is 34.2 Å². The SMILES string of the molecule is Cc1c(-c2nsc(NC(=O)c3ccc(Cl)cc3)n2)nnn1-c1ccc(F)cc1F. The molecule has 0 atom stereocenters. The van der Waals surface area contributed by atoms with Gasteiger partial charge < -0.3 is 0 Å². The van der Waals surface area contributed by atoms with Gasteiger partial charge in [0.15, 0.2) is 17.3 Å². The smallest absolute Gasteiger partial charge is 0.257 e. The molecule has 1 amide bonds. The lowest BCUT2D eigenvalue weighted by Gasteiger charge is -2.04. The Balaban J connectivity index is 1.58. The van der Waals surface area contributed by atoms with E-state index >= 15 is 0 Å². The number of hydrogen-bond donors (Lipinski definition) is 1. The second-order valence-corrected chi connectivity index (χ2v) is 7.10. The van der Waals surface area contributed by atoms with E-state index in [4.69, 9.17) is 11.6 Å². The molecule has 7 nitrogen and oxygen atoms in total. The Labute approximate surface area is 172 Å². The molecule has 146 valence electrons. The first-order valence-electron chi connectivity index (χ1n) is 8.21. The molecule has 0 aliphatic heterocycles. The van der Waals surface area contributed by atoms with Gasteiger partial charge in [-0.2, -0.15) is 9.36 Å². The zero-order valence-electron chi connectivity index (χ0n) is 14.7. The molecular formula is C18H11ClF2N6OS. The number of aromatic nitrogens is 5. The van der Waals surface area contributed by atoms with E-state index in [0.717, 1.165) is 23.7 Å². The summed E-state index contributed by atoms with van der Waals surface area (Å²) in [6.07, 6.45) is 0. The second kappa shape index (κ2) is 7.64. The molecule has 0 aliphatic rings. The van der Waals surface area contributed by atoms with Crippen LogP contribution >= 0.6 is 23.1 Å². The Hall–Kier alpha value is -3.24. The summed E-state index contributed by atoms with van der Waals surface area (Å²) < 4.78 is 32.6. The summed E-state index contributed by atoms with van der Waals surface area (Å²) in [4.78, 5) is 16.5. The third-order valence-electron chi connectivity index (χ3n) is 4.00. The number of halogens is 3. The minimum atomic E-state index is -0.772. The van der Waals surface area contributed by atoms with Gasteiger partial charge in [0.1, 0.15) is 11.5 Å². The minimum absolute atomic E-state index is 0.0501. The quantitative estimate of drug-likeness (QED) is 0.520. The van der Waals surface area contributed by atoms with E-state index in [1.165, 1.54) is 10.7 Å². The maximum Gasteiger partial charge on any atom is 0.257 e. The molecule has 2 heterocycles. The molecule has 4 rings (SSSR count). The molecule has 0 radical (unpaired) electrons. The van der Waals surface area contributed by atoms with Crippen LogP contribution in [0, 0.1) is 18.6 Å². The standard InChI is InChI=1S/C18H11ClF2N6OS/c1-9-15(24-26-27(9)14-7-6-12(20)8-13(14)21)16-22-18(29-25-16)23-17(28)10-2-4-11(19)5-3-10/h2-8H,1H3,(H,22,23,25,28). The van der Waals surface area contributed by atoms with Crippen LogP contribution in [0.2, 0.25) is 5.02 Å². The maximum absolute atomic E-state index is 14.0. The molecule has 0 aliphatic carbocycles. The van der Waals surface area contributed by atoms with Crippen LogP contribution in [0.4, 0.5) is 13.9 Å². The third kappa shape index (κ3) is 3.84. The van der Waals surface area contributed by atoms with Gasteiger partial charge in [0.05, 0.1) is 5.69 Å². The van der Waals surface area contributed by atoms with Crippen LogP contribution in [-0.4, -0.2) is 30.3 Å². The van der Waals surface area contributed by atoms with E-state index in [1.54, 1.807) is 31.2 Å². The van der Waals surface area contributed by atoms with Crippen LogP contribution in [0.1, 0.15) is 16.1 Å². The van der Waals surface area contributed by atoms with Crippen LogP contribution in [0.15, 0.2) is 42.5 Å². The molecule has 29 heavy (non-hydrogen) atoms. The van der Waals surface area contributed by atoms with Gasteiger partial charge in [-0.3, -0.25) is 10.1 Å². The molecule has 0 bridgehead atoms. The summed E-state index contributed by atoms with van der Waals surface area (Å²) >= 11 is 6.79. The molecule has 2 aromatic heterocycles. The highest BCUT2D eigenvalue weighted by molar-refractivity contribution is 7.10. The van der Waals surface area contributed by atoms with Crippen molar-refractivity contribution in [2.45, 2.75) is 6.92 Å².